The molecule has 1 fully saturated rings. The summed E-state index contributed by atoms with van der Waals surface area (Å²) in [5, 5.41) is 3.28. The Morgan fingerprint density at radius 1 is 1.29 bits per heavy atom. The number of carbonyl (C=O) groups is 1. The molecule has 1 aliphatic heterocycles. The second kappa shape index (κ2) is 7.43. The van der Waals surface area contributed by atoms with Gasteiger partial charge in [0.05, 0.1) is 0 Å². The van der Waals surface area contributed by atoms with E-state index in [0.717, 1.165) is 30.3 Å². The highest BCUT2D eigenvalue weighted by atomic mass is 16.1. The van der Waals surface area contributed by atoms with Crippen molar-refractivity contribution in [2.45, 2.75) is 45.6 Å². The van der Waals surface area contributed by atoms with Gasteiger partial charge >= 0.3 is 0 Å². The topological polar surface area (TPSA) is 58.1 Å². The quantitative estimate of drug-likeness (QED) is 0.836. The summed E-state index contributed by atoms with van der Waals surface area (Å²) < 4.78 is 0. The van der Waals surface area contributed by atoms with Crippen molar-refractivity contribution in [2.75, 3.05) is 16.8 Å². The molecule has 5 nitrogen and oxygen atoms in total. The maximum Gasteiger partial charge on any atom is 0.159 e. The Morgan fingerprint density at radius 2 is 2.17 bits per heavy atom. The van der Waals surface area contributed by atoms with Crippen LogP contribution in [0.4, 0.5) is 17.3 Å². The van der Waals surface area contributed by atoms with Crippen LogP contribution in [0.1, 0.15) is 49.9 Å². The number of hydrogen-bond acceptors (Lipinski definition) is 5. The van der Waals surface area contributed by atoms with Crippen LogP contribution in [0.25, 0.3) is 0 Å². The van der Waals surface area contributed by atoms with E-state index in [9.17, 15) is 4.79 Å². The van der Waals surface area contributed by atoms with Crippen molar-refractivity contribution in [1.82, 2.24) is 9.97 Å². The zero-order chi connectivity index (χ0) is 16.9. The molecule has 1 atom stereocenters. The average molecular weight is 324 g/mol. The van der Waals surface area contributed by atoms with Crippen LogP contribution in [0.15, 0.2) is 36.7 Å². The molecular formula is C19H24N4O. The fourth-order valence-electron chi connectivity index (χ4n) is 3.26. The molecule has 0 bridgehead atoms. The largest absolute Gasteiger partial charge is 0.353 e. The predicted molar refractivity (Wildman–Crippen MR) is 97.0 cm³/mol. The molecule has 0 amide bonds. The van der Waals surface area contributed by atoms with Crippen molar-refractivity contribution < 1.29 is 4.79 Å². The maximum atomic E-state index is 11.5. The lowest BCUT2D eigenvalue weighted by molar-refractivity contribution is 0.101. The second-order valence-corrected chi connectivity index (χ2v) is 6.27. The predicted octanol–water partition coefficient (Wildman–Crippen LogP) is 4.19. The minimum atomic E-state index is 0.0566. The Hall–Kier alpha value is -2.43. The average Bonchev–Trinajstić information content (AvgIpc) is 2.62. The number of carbonyl (C=O) groups excluding carboxylic acids is 1. The summed E-state index contributed by atoms with van der Waals surface area (Å²) >= 11 is 0. The summed E-state index contributed by atoms with van der Waals surface area (Å²) in [6, 6.07) is 10.0. The molecule has 0 radical (unpaired) electrons. The molecule has 3 rings (SSSR count). The number of rotatable bonds is 5. The highest BCUT2D eigenvalue weighted by Crippen LogP contribution is 2.26. The molecule has 1 aromatic heterocycles. The molecule has 2 heterocycles. The minimum Gasteiger partial charge on any atom is -0.353 e. The summed E-state index contributed by atoms with van der Waals surface area (Å²) in [5.74, 6) is 1.78. The van der Waals surface area contributed by atoms with Crippen LogP contribution < -0.4 is 10.2 Å². The molecule has 1 N–H and O–H groups in total. The zero-order valence-electron chi connectivity index (χ0n) is 14.3. The van der Waals surface area contributed by atoms with Crippen molar-refractivity contribution >= 4 is 23.1 Å². The summed E-state index contributed by atoms with van der Waals surface area (Å²) in [5.41, 5.74) is 1.55. The number of aromatic nitrogens is 2. The van der Waals surface area contributed by atoms with Crippen LogP contribution in [0.5, 0.6) is 0 Å². The molecule has 0 aliphatic carbocycles. The first-order valence-corrected chi connectivity index (χ1v) is 8.64. The van der Waals surface area contributed by atoms with Gasteiger partial charge in [0.15, 0.2) is 5.78 Å². The van der Waals surface area contributed by atoms with Crippen LogP contribution in [-0.4, -0.2) is 28.3 Å². The first kappa shape index (κ1) is 16.4. The SMILES string of the molecule is CCC1CCCCN1c1cc(Nc2cccc(C(C)=O)c2)ncn1. The summed E-state index contributed by atoms with van der Waals surface area (Å²) in [7, 11) is 0. The van der Waals surface area contributed by atoms with Gasteiger partial charge in [-0.25, -0.2) is 9.97 Å². The second-order valence-electron chi connectivity index (χ2n) is 6.27. The van der Waals surface area contributed by atoms with Crippen molar-refractivity contribution in [3.63, 3.8) is 0 Å². The molecule has 126 valence electrons. The monoisotopic (exact) mass is 324 g/mol. The normalized spacial score (nSPS) is 17.6. The smallest absolute Gasteiger partial charge is 0.159 e. The molecule has 5 heteroatoms. The number of piperidine rings is 1. The van der Waals surface area contributed by atoms with Gasteiger partial charge in [-0.15, -0.1) is 0 Å². The van der Waals surface area contributed by atoms with Crippen molar-refractivity contribution in [2.24, 2.45) is 0 Å². The van der Waals surface area contributed by atoms with Crippen LogP contribution in [0.3, 0.4) is 0 Å². The molecule has 1 unspecified atom stereocenters. The lowest BCUT2D eigenvalue weighted by Gasteiger charge is -2.36. The van der Waals surface area contributed by atoms with Crippen LogP contribution >= 0.6 is 0 Å². The van der Waals surface area contributed by atoms with E-state index in [0.29, 0.717) is 11.6 Å². The lowest BCUT2D eigenvalue weighted by Crippen LogP contribution is -2.39. The number of hydrogen-bond donors (Lipinski definition) is 1. The van der Waals surface area contributed by atoms with E-state index in [1.165, 1.54) is 19.3 Å². The van der Waals surface area contributed by atoms with Gasteiger partial charge in [0.2, 0.25) is 0 Å². The van der Waals surface area contributed by atoms with E-state index in [4.69, 9.17) is 0 Å². The number of nitrogens with one attached hydrogen (secondary N) is 1. The van der Waals surface area contributed by atoms with Crippen LogP contribution in [-0.2, 0) is 0 Å². The fraction of sp³-hybridized carbons (Fsp3) is 0.421. The Bertz CT molecular complexity index is 716. The highest BCUT2D eigenvalue weighted by Gasteiger charge is 2.22. The summed E-state index contributed by atoms with van der Waals surface area (Å²) in [6.45, 7) is 4.86. The van der Waals surface area contributed by atoms with E-state index >= 15 is 0 Å². The Balaban J connectivity index is 1.80. The summed E-state index contributed by atoms with van der Waals surface area (Å²) in [4.78, 5) is 22.7. The van der Waals surface area contributed by atoms with E-state index in [1.54, 1.807) is 13.3 Å². The van der Waals surface area contributed by atoms with Gasteiger partial charge in [-0.05, 0) is 44.7 Å². The van der Waals surface area contributed by atoms with Crippen LogP contribution in [0.2, 0.25) is 0 Å². The van der Waals surface area contributed by atoms with Gasteiger partial charge in [-0.2, -0.15) is 0 Å². The number of nitrogens with zero attached hydrogens (tertiary/aromatic N) is 3. The van der Waals surface area contributed by atoms with Crippen LogP contribution in [0, 0.1) is 0 Å². The van der Waals surface area contributed by atoms with Gasteiger partial charge in [0.25, 0.3) is 0 Å². The first-order valence-electron chi connectivity index (χ1n) is 8.64. The van der Waals surface area contributed by atoms with E-state index < -0.39 is 0 Å². The molecule has 1 aliphatic rings. The Labute approximate surface area is 143 Å². The highest BCUT2D eigenvalue weighted by molar-refractivity contribution is 5.95. The van der Waals surface area contributed by atoms with E-state index in [2.05, 4.69) is 27.1 Å². The molecule has 1 saturated heterocycles. The molecule has 0 spiro atoms. The van der Waals surface area contributed by atoms with Crippen molar-refractivity contribution in [3.8, 4) is 0 Å². The number of ketones is 1. The zero-order valence-corrected chi connectivity index (χ0v) is 14.3. The molecule has 24 heavy (non-hydrogen) atoms. The van der Waals surface area contributed by atoms with Gasteiger partial charge in [0, 0.05) is 29.9 Å². The van der Waals surface area contributed by atoms with Gasteiger partial charge < -0.3 is 10.2 Å². The third-order valence-corrected chi connectivity index (χ3v) is 4.59. The van der Waals surface area contributed by atoms with E-state index in [1.807, 2.05) is 30.3 Å². The number of benzene rings is 1. The van der Waals surface area contributed by atoms with Crippen molar-refractivity contribution in [3.05, 3.63) is 42.2 Å². The number of anilines is 3. The molecule has 1 aromatic carbocycles. The van der Waals surface area contributed by atoms with Gasteiger partial charge in [-0.3, -0.25) is 4.79 Å². The first-order chi connectivity index (χ1) is 11.7. The van der Waals surface area contributed by atoms with Gasteiger partial charge in [0.1, 0.15) is 18.0 Å². The molecule has 0 saturated carbocycles. The van der Waals surface area contributed by atoms with E-state index in [-0.39, 0.29) is 5.78 Å². The molecule has 2 aromatic rings. The lowest BCUT2D eigenvalue weighted by atomic mass is 10.0. The number of Topliss-reactive ketones (excluding diaryl/α,β-unsaturated/α-hetero) is 1. The Kier molecular flexibility index (Phi) is 5.08. The minimum absolute atomic E-state index is 0.0566. The van der Waals surface area contributed by atoms with Crippen molar-refractivity contribution in [1.29, 1.82) is 0 Å². The fourth-order valence-corrected chi connectivity index (χ4v) is 3.26. The Morgan fingerprint density at radius 3 is 2.96 bits per heavy atom. The van der Waals surface area contributed by atoms with Gasteiger partial charge in [-0.1, -0.05) is 19.1 Å². The third kappa shape index (κ3) is 3.72. The molecular weight excluding hydrogens is 300 g/mol. The maximum absolute atomic E-state index is 11.5. The standard InChI is InChI=1S/C19H24N4O/c1-3-17-9-4-5-10-23(17)19-12-18(20-13-21-19)22-16-8-6-7-15(11-16)14(2)24/h6-8,11-13,17H,3-5,9-10H2,1-2H3,(H,20,21,22). The summed E-state index contributed by atoms with van der Waals surface area (Å²) in [6.07, 6.45) is 6.47. The third-order valence-electron chi connectivity index (χ3n) is 4.59.